The topological polar surface area (TPSA) is 49.9 Å². The van der Waals surface area contributed by atoms with Crippen LogP contribution >= 0.6 is 0 Å². The highest BCUT2D eigenvalue weighted by Gasteiger charge is 2.26. The predicted molar refractivity (Wildman–Crippen MR) is 63.1 cm³/mol. The van der Waals surface area contributed by atoms with Crippen LogP contribution in [0.4, 0.5) is 0 Å². The summed E-state index contributed by atoms with van der Waals surface area (Å²) in [4.78, 5) is 0. The van der Waals surface area contributed by atoms with Crippen molar-refractivity contribution in [3.63, 3.8) is 0 Å². The molecule has 0 spiro atoms. The lowest BCUT2D eigenvalue weighted by Crippen LogP contribution is -2.30. The van der Waals surface area contributed by atoms with Gasteiger partial charge in [-0.3, -0.25) is 5.10 Å². The van der Waals surface area contributed by atoms with E-state index in [4.69, 9.17) is 4.74 Å². The van der Waals surface area contributed by atoms with E-state index in [1.165, 1.54) is 6.42 Å². The van der Waals surface area contributed by atoms with E-state index in [1.54, 1.807) is 6.20 Å². The third-order valence-electron chi connectivity index (χ3n) is 3.42. The lowest BCUT2D eigenvalue weighted by atomic mass is 9.99. The van der Waals surface area contributed by atoms with E-state index in [1.807, 2.05) is 6.07 Å². The monoisotopic (exact) mass is 223 g/mol. The maximum absolute atomic E-state index is 5.68. The Labute approximate surface area is 96.8 Å². The Hall–Kier alpha value is -0.870. The highest BCUT2D eigenvalue weighted by molar-refractivity contribution is 5.03. The molecule has 0 aliphatic carbocycles. The van der Waals surface area contributed by atoms with Crippen molar-refractivity contribution in [1.29, 1.82) is 0 Å². The molecule has 1 fully saturated rings. The predicted octanol–water partition coefficient (Wildman–Crippen LogP) is 1.88. The van der Waals surface area contributed by atoms with Crippen molar-refractivity contribution >= 4 is 0 Å². The highest BCUT2D eigenvalue weighted by Crippen LogP contribution is 2.23. The molecule has 4 nitrogen and oxygen atoms in total. The third-order valence-corrected chi connectivity index (χ3v) is 3.42. The third kappa shape index (κ3) is 2.62. The van der Waals surface area contributed by atoms with Gasteiger partial charge in [0.2, 0.25) is 0 Å². The van der Waals surface area contributed by atoms with E-state index in [-0.39, 0.29) is 0 Å². The largest absolute Gasteiger partial charge is 0.378 e. The van der Waals surface area contributed by atoms with Gasteiger partial charge in [0.1, 0.15) is 0 Å². The molecule has 3 unspecified atom stereocenters. The summed E-state index contributed by atoms with van der Waals surface area (Å²) < 4.78 is 5.68. The molecule has 90 valence electrons. The highest BCUT2D eigenvalue weighted by atomic mass is 16.5. The lowest BCUT2D eigenvalue weighted by Gasteiger charge is -2.20. The summed E-state index contributed by atoms with van der Waals surface area (Å²) in [5.41, 5.74) is 1.15. The minimum atomic E-state index is 0.334. The Kier molecular flexibility index (Phi) is 3.96. The van der Waals surface area contributed by atoms with E-state index in [0.717, 1.165) is 25.3 Å². The van der Waals surface area contributed by atoms with Crippen LogP contribution in [-0.4, -0.2) is 29.5 Å². The standard InChI is InChI=1S/C12H21N3O/c1-3-12-10(5-7-16-12)8-13-9(2)11-4-6-14-15-11/h4,6,9-10,12-13H,3,5,7-8H2,1-2H3,(H,14,15). The van der Waals surface area contributed by atoms with E-state index >= 15 is 0 Å². The average Bonchev–Trinajstić information content (AvgIpc) is 2.96. The van der Waals surface area contributed by atoms with Gasteiger partial charge in [-0.25, -0.2) is 0 Å². The smallest absolute Gasteiger partial charge is 0.0613 e. The molecular weight excluding hydrogens is 202 g/mol. The Morgan fingerprint density at radius 1 is 1.69 bits per heavy atom. The molecule has 2 heterocycles. The summed E-state index contributed by atoms with van der Waals surface area (Å²) in [5, 5.41) is 10.5. The Balaban J connectivity index is 1.78. The van der Waals surface area contributed by atoms with Gasteiger partial charge in [0.05, 0.1) is 11.8 Å². The lowest BCUT2D eigenvalue weighted by molar-refractivity contribution is 0.0867. The summed E-state index contributed by atoms with van der Waals surface area (Å²) in [6.45, 7) is 6.30. The van der Waals surface area contributed by atoms with Gasteiger partial charge in [-0.1, -0.05) is 6.92 Å². The van der Waals surface area contributed by atoms with Crippen LogP contribution in [0, 0.1) is 5.92 Å². The molecule has 16 heavy (non-hydrogen) atoms. The van der Waals surface area contributed by atoms with E-state index in [0.29, 0.717) is 18.1 Å². The summed E-state index contributed by atoms with van der Waals surface area (Å²) in [6, 6.07) is 2.35. The van der Waals surface area contributed by atoms with Gasteiger partial charge in [-0.2, -0.15) is 5.10 Å². The molecule has 0 radical (unpaired) electrons. The number of rotatable bonds is 5. The Bertz CT molecular complexity index is 299. The van der Waals surface area contributed by atoms with Gasteiger partial charge in [0, 0.05) is 25.4 Å². The molecule has 2 N–H and O–H groups in total. The van der Waals surface area contributed by atoms with Gasteiger partial charge < -0.3 is 10.1 Å². The minimum absolute atomic E-state index is 0.334. The summed E-state index contributed by atoms with van der Waals surface area (Å²) in [7, 11) is 0. The van der Waals surface area contributed by atoms with Gasteiger partial charge in [-0.05, 0) is 31.7 Å². The van der Waals surface area contributed by atoms with E-state index in [2.05, 4.69) is 29.4 Å². The number of H-pyrrole nitrogens is 1. The average molecular weight is 223 g/mol. The second kappa shape index (κ2) is 5.46. The summed E-state index contributed by atoms with van der Waals surface area (Å²) in [6.07, 6.45) is 4.54. The zero-order chi connectivity index (χ0) is 11.4. The van der Waals surface area contributed by atoms with Crippen molar-refractivity contribution in [3.05, 3.63) is 18.0 Å². The van der Waals surface area contributed by atoms with Gasteiger partial charge >= 0.3 is 0 Å². The van der Waals surface area contributed by atoms with Crippen molar-refractivity contribution in [3.8, 4) is 0 Å². The number of aromatic amines is 1. The second-order valence-corrected chi connectivity index (χ2v) is 4.51. The zero-order valence-corrected chi connectivity index (χ0v) is 10.1. The molecule has 4 heteroatoms. The molecule has 2 rings (SSSR count). The second-order valence-electron chi connectivity index (χ2n) is 4.51. The minimum Gasteiger partial charge on any atom is -0.378 e. The maximum atomic E-state index is 5.68. The molecule has 1 aromatic heterocycles. The number of nitrogens with one attached hydrogen (secondary N) is 2. The molecule has 3 atom stereocenters. The number of hydrogen-bond donors (Lipinski definition) is 2. The normalized spacial score (nSPS) is 27.1. The van der Waals surface area contributed by atoms with Crippen LogP contribution in [0.25, 0.3) is 0 Å². The first-order valence-electron chi connectivity index (χ1n) is 6.15. The first kappa shape index (κ1) is 11.6. The van der Waals surface area contributed by atoms with Crippen LogP contribution in [0.1, 0.15) is 38.4 Å². The summed E-state index contributed by atoms with van der Waals surface area (Å²) >= 11 is 0. The fraction of sp³-hybridized carbons (Fsp3) is 0.750. The van der Waals surface area contributed by atoms with Crippen LogP contribution in [0.5, 0.6) is 0 Å². The van der Waals surface area contributed by atoms with Crippen molar-refractivity contribution in [2.75, 3.05) is 13.2 Å². The van der Waals surface area contributed by atoms with Gasteiger partial charge in [0.25, 0.3) is 0 Å². The van der Waals surface area contributed by atoms with Crippen LogP contribution in [0.3, 0.4) is 0 Å². The maximum Gasteiger partial charge on any atom is 0.0613 e. The summed E-state index contributed by atoms with van der Waals surface area (Å²) in [5.74, 6) is 0.662. The van der Waals surface area contributed by atoms with E-state index < -0.39 is 0 Å². The molecule has 1 aliphatic rings. The van der Waals surface area contributed by atoms with Gasteiger partial charge in [-0.15, -0.1) is 0 Å². The van der Waals surface area contributed by atoms with Crippen molar-refractivity contribution in [2.24, 2.45) is 5.92 Å². The fourth-order valence-corrected chi connectivity index (χ4v) is 2.32. The quantitative estimate of drug-likeness (QED) is 0.801. The van der Waals surface area contributed by atoms with E-state index in [9.17, 15) is 0 Å². The first-order chi connectivity index (χ1) is 7.81. The Morgan fingerprint density at radius 2 is 2.56 bits per heavy atom. The van der Waals surface area contributed by atoms with Crippen LogP contribution in [0.15, 0.2) is 12.3 Å². The number of hydrogen-bond acceptors (Lipinski definition) is 3. The number of ether oxygens (including phenoxy) is 1. The number of nitrogens with zero attached hydrogens (tertiary/aromatic N) is 1. The molecule has 0 bridgehead atoms. The van der Waals surface area contributed by atoms with Crippen LogP contribution in [-0.2, 0) is 4.74 Å². The molecule has 1 saturated heterocycles. The van der Waals surface area contributed by atoms with Crippen LogP contribution < -0.4 is 5.32 Å². The number of aromatic nitrogens is 2. The van der Waals surface area contributed by atoms with Crippen molar-refractivity contribution < 1.29 is 4.74 Å². The fourth-order valence-electron chi connectivity index (χ4n) is 2.32. The Morgan fingerprint density at radius 3 is 3.25 bits per heavy atom. The molecular formula is C12H21N3O. The van der Waals surface area contributed by atoms with Crippen LogP contribution in [0.2, 0.25) is 0 Å². The zero-order valence-electron chi connectivity index (χ0n) is 10.1. The first-order valence-corrected chi connectivity index (χ1v) is 6.15. The van der Waals surface area contributed by atoms with Crippen molar-refractivity contribution in [1.82, 2.24) is 15.5 Å². The molecule has 0 amide bonds. The molecule has 1 aliphatic heterocycles. The molecule has 1 aromatic rings. The van der Waals surface area contributed by atoms with Gasteiger partial charge in [0.15, 0.2) is 0 Å². The van der Waals surface area contributed by atoms with Crippen molar-refractivity contribution in [2.45, 2.75) is 38.8 Å². The molecule has 0 saturated carbocycles. The SMILES string of the molecule is CCC1OCCC1CNC(C)c1ccn[nH]1. The molecule has 0 aromatic carbocycles.